The molecule has 4 rings (SSSR count). The van der Waals surface area contributed by atoms with Crippen LogP contribution in [-0.4, -0.2) is 93.1 Å². The van der Waals surface area contributed by atoms with Crippen molar-refractivity contribution in [1.82, 2.24) is 20.0 Å². The minimum absolute atomic E-state index is 0.0615. The summed E-state index contributed by atoms with van der Waals surface area (Å²) >= 11 is 0. The van der Waals surface area contributed by atoms with Crippen LogP contribution in [0.3, 0.4) is 0 Å². The smallest absolute Gasteiger partial charge is 0.336 e. The molecule has 15 heteroatoms. The van der Waals surface area contributed by atoms with E-state index >= 15 is 0 Å². The molecule has 5 atom stereocenters. The zero-order valence-corrected chi connectivity index (χ0v) is 33.6. The number of hydrogen-bond donors (Lipinski definition) is 4. The number of methoxy groups -OCH3 is 1. The van der Waals surface area contributed by atoms with E-state index in [1.807, 2.05) is 30.4 Å². The number of nitrogens with zero attached hydrogens (tertiary/aromatic N) is 4. The first-order valence-electron chi connectivity index (χ1n) is 19.7. The molecule has 56 heavy (non-hydrogen) atoms. The number of carbonyl (C=O) groups is 3. The number of nitrogens with two attached hydrogens (primary N) is 1. The van der Waals surface area contributed by atoms with Crippen molar-refractivity contribution in [3.8, 4) is 0 Å². The molecule has 1 aliphatic heterocycles. The van der Waals surface area contributed by atoms with Crippen LogP contribution in [0.15, 0.2) is 36.4 Å². The van der Waals surface area contributed by atoms with Crippen molar-refractivity contribution < 1.29 is 39.3 Å². The molecule has 2 heterocycles. The molecule has 0 bridgehead atoms. The zero-order chi connectivity index (χ0) is 41.1. The Balaban J connectivity index is 1.36. The molecule has 15 nitrogen and oxygen atoms in total. The summed E-state index contributed by atoms with van der Waals surface area (Å²) in [5, 5.41) is 40.2. The summed E-state index contributed by atoms with van der Waals surface area (Å²) in [6.07, 6.45) is 3.21. The van der Waals surface area contributed by atoms with Crippen molar-refractivity contribution in [2.24, 2.45) is 29.4 Å². The monoisotopic (exact) mass is 780 g/mol. The molecule has 1 fully saturated rings. The van der Waals surface area contributed by atoms with Crippen LogP contribution in [0.4, 0.5) is 0 Å². The van der Waals surface area contributed by atoms with Gasteiger partial charge in [-0.25, -0.2) is 4.79 Å². The highest BCUT2D eigenvalue weighted by atomic mass is 16.9. The van der Waals surface area contributed by atoms with Crippen molar-refractivity contribution in [2.75, 3.05) is 26.8 Å². The number of benzene rings is 2. The van der Waals surface area contributed by atoms with Crippen LogP contribution in [0.2, 0.25) is 0 Å². The molecule has 0 aliphatic carbocycles. The zero-order valence-electron chi connectivity index (χ0n) is 33.6. The number of hydrogen-bond acceptors (Lipinski definition) is 11. The molecule has 1 saturated heterocycles. The van der Waals surface area contributed by atoms with Gasteiger partial charge in [-0.1, -0.05) is 52.0 Å². The van der Waals surface area contributed by atoms with Crippen molar-refractivity contribution in [2.45, 2.75) is 111 Å². The van der Waals surface area contributed by atoms with E-state index < -0.39 is 41.8 Å². The summed E-state index contributed by atoms with van der Waals surface area (Å²) in [5.74, 6) is -1.46. The van der Waals surface area contributed by atoms with E-state index in [0.717, 1.165) is 36.0 Å². The quantitative estimate of drug-likeness (QED) is 0.0466. The van der Waals surface area contributed by atoms with Gasteiger partial charge in [0.15, 0.2) is 0 Å². The molecule has 1 aromatic heterocycles. The highest BCUT2D eigenvalue weighted by Gasteiger charge is 2.34. The first kappa shape index (κ1) is 44.3. The number of carboxylic acid groups (broad SMARTS) is 1. The number of piperidine rings is 1. The normalized spacial score (nSPS) is 16.8. The number of nitrogens with one attached hydrogen (secondary N) is 1. The van der Waals surface area contributed by atoms with E-state index in [9.17, 15) is 34.7 Å². The predicted octanol–water partition coefficient (Wildman–Crippen LogP) is 4.86. The lowest BCUT2D eigenvalue weighted by Gasteiger charge is -2.37. The van der Waals surface area contributed by atoms with Gasteiger partial charge in [-0.2, -0.15) is 5.10 Å². The second-order valence-electron chi connectivity index (χ2n) is 15.8. The Hall–Kier alpha value is -4.44. The summed E-state index contributed by atoms with van der Waals surface area (Å²) < 4.78 is 7.29. The first-order valence-corrected chi connectivity index (χ1v) is 19.7. The maximum atomic E-state index is 13.7. The Morgan fingerprint density at radius 1 is 1.12 bits per heavy atom. The maximum absolute atomic E-state index is 13.7. The molecule has 3 aromatic rings. The number of carbonyl (C=O) groups excluding carboxylic acids is 2. The van der Waals surface area contributed by atoms with E-state index in [1.54, 1.807) is 7.11 Å². The highest BCUT2D eigenvalue weighted by Crippen LogP contribution is 2.31. The Morgan fingerprint density at radius 2 is 1.84 bits per heavy atom. The number of likely N-dealkylation sites (tertiary alicyclic amines) is 1. The number of aromatic nitrogens is 2. The number of aromatic carboxylic acids is 1. The summed E-state index contributed by atoms with van der Waals surface area (Å²) in [6.45, 7) is 12.0. The molecule has 308 valence electrons. The van der Waals surface area contributed by atoms with Gasteiger partial charge in [0.1, 0.15) is 12.9 Å². The number of ether oxygens (including phenoxy) is 1. The number of aryl methyl sites for hydroxylation is 2. The van der Waals surface area contributed by atoms with Crippen molar-refractivity contribution in [3.63, 3.8) is 0 Å². The van der Waals surface area contributed by atoms with Crippen LogP contribution in [0.25, 0.3) is 10.9 Å². The van der Waals surface area contributed by atoms with E-state index in [1.165, 1.54) is 23.8 Å². The molecular formula is C41H60N6O9. The topological polar surface area (TPSA) is 212 Å². The van der Waals surface area contributed by atoms with Gasteiger partial charge in [0, 0.05) is 56.7 Å². The third-order valence-corrected chi connectivity index (χ3v) is 11.3. The van der Waals surface area contributed by atoms with Gasteiger partial charge in [-0.05, 0) is 92.0 Å². The number of aliphatic hydroxyl groups excluding tert-OH is 1. The van der Waals surface area contributed by atoms with Crippen molar-refractivity contribution in [3.05, 3.63) is 74.5 Å². The second kappa shape index (κ2) is 20.6. The van der Waals surface area contributed by atoms with Gasteiger partial charge in [0.05, 0.1) is 28.9 Å². The summed E-state index contributed by atoms with van der Waals surface area (Å²) in [6, 6.07) is 9.12. The Kier molecular flexibility index (Phi) is 16.3. The minimum atomic E-state index is -1.26. The molecule has 0 spiro atoms. The summed E-state index contributed by atoms with van der Waals surface area (Å²) in [5.41, 5.74) is 10.2. The fourth-order valence-corrected chi connectivity index (χ4v) is 7.92. The van der Waals surface area contributed by atoms with Crippen molar-refractivity contribution in [1.29, 1.82) is 0 Å². The average Bonchev–Trinajstić information content (AvgIpc) is 3.47. The lowest BCUT2D eigenvalue weighted by Crippen LogP contribution is -2.49. The van der Waals surface area contributed by atoms with Crippen LogP contribution in [0.1, 0.15) is 98.6 Å². The molecule has 1 unspecified atom stereocenters. The Morgan fingerprint density at radius 3 is 2.45 bits per heavy atom. The SMILES string of the molecule is COCCCn1nc(C)c2ccc(C[C@@H](C[C@H](N)[C@@H](O)C[C@H](C(=O)NC3CCN(C(C=O)c4c(CO[N+](=O)[O-])cccc4C(=O)O)CC3)C(C)C)C(C)C)cc21. The Bertz CT molecular complexity index is 1790. The molecule has 0 radical (unpaired) electrons. The largest absolute Gasteiger partial charge is 0.478 e. The van der Waals surface area contributed by atoms with Gasteiger partial charge in [0.2, 0.25) is 5.91 Å². The second-order valence-corrected chi connectivity index (χ2v) is 15.8. The van der Waals surface area contributed by atoms with E-state index in [2.05, 4.69) is 42.2 Å². The Labute approximate surface area is 329 Å². The number of aliphatic hydroxyl groups is 1. The lowest BCUT2D eigenvalue weighted by atomic mass is 9.80. The van der Waals surface area contributed by atoms with Gasteiger partial charge < -0.3 is 35.6 Å². The van der Waals surface area contributed by atoms with Gasteiger partial charge in [-0.15, -0.1) is 10.1 Å². The van der Waals surface area contributed by atoms with Crippen LogP contribution >= 0.6 is 0 Å². The number of amides is 1. The highest BCUT2D eigenvalue weighted by molar-refractivity contribution is 5.91. The van der Waals surface area contributed by atoms with Crippen LogP contribution in [0.5, 0.6) is 0 Å². The van der Waals surface area contributed by atoms with Crippen LogP contribution in [-0.2, 0) is 38.7 Å². The molecule has 1 aliphatic rings. The molecule has 5 N–H and O–H groups in total. The minimum Gasteiger partial charge on any atom is -0.478 e. The molecule has 0 saturated carbocycles. The number of rotatable bonds is 22. The lowest BCUT2D eigenvalue weighted by molar-refractivity contribution is -0.763. The molecule has 2 aromatic carbocycles. The van der Waals surface area contributed by atoms with Crippen LogP contribution < -0.4 is 11.1 Å². The third-order valence-electron chi connectivity index (χ3n) is 11.3. The van der Waals surface area contributed by atoms with Gasteiger partial charge >= 0.3 is 5.97 Å². The standard InChI is InChI=1S/C41H60N6O9/c1-25(2)30(19-28-11-12-32-27(5)44-46(36(32)20-28)15-8-18-55-6)21-35(42)38(49)22-34(26(3)4)40(50)43-31-13-16-45(17-14-31)37(23-48)39-29(24-56-47(53)54)9-7-10-33(39)41(51)52/h7,9-12,20,23,25-26,30-31,34-35,37-38,49H,8,13-19,21-22,24,42H2,1-6H3,(H,43,50)(H,51,52)/t30-,34-,35-,37?,38-/m0/s1. The van der Waals surface area contributed by atoms with E-state index in [4.69, 9.17) is 15.6 Å². The first-order chi connectivity index (χ1) is 26.6. The van der Waals surface area contributed by atoms with E-state index in [-0.39, 0.29) is 46.9 Å². The van der Waals surface area contributed by atoms with Crippen molar-refractivity contribution >= 4 is 29.1 Å². The third kappa shape index (κ3) is 11.6. The average molecular weight is 781 g/mol. The predicted molar refractivity (Wildman–Crippen MR) is 211 cm³/mol. The number of aldehydes is 1. The number of carboxylic acids is 1. The molecular weight excluding hydrogens is 720 g/mol. The molecule has 1 amide bonds. The fraction of sp³-hybridized carbons (Fsp3) is 0.610. The van der Waals surface area contributed by atoms with Crippen LogP contribution in [0, 0.1) is 40.7 Å². The van der Waals surface area contributed by atoms with Gasteiger partial charge in [0.25, 0.3) is 5.09 Å². The van der Waals surface area contributed by atoms with Gasteiger partial charge in [-0.3, -0.25) is 14.4 Å². The summed E-state index contributed by atoms with van der Waals surface area (Å²) in [7, 11) is 1.70. The maximum Gasteiger partial charge on any atom is 0.336 e. The summed E-state index contributed by atoms with van der Waals surface area (Å²) in [4.78, 5) is 55.4. The fourth-order valence-electron chi connectivity index (χ4n) is 7.92. The van der Waals surface area contributed by atoms with E-state index in [0.29, 0.717) is 51.2 Å². The number of fused-ring (bicyclic) bond motifs is 1.